The first-order valence-corrected chi connectivity index (χ1v) is 6.94. The van der Waals surface area contributed by atoms with Crippen LogP contribution in [-0.4, -0.2) is 16.7 Å². The highest BCUT2D eigenvalue weighted by Crippen LogP contribution is 2.26. The van der Waals surface area contributed by atoms with Gasteiger partial charge >= 0.3 is 0 Å². The van der Waals surface area contributed by atoms with E-state index in [0.717, 1.165) is 11.3 Å². The molecule has 1 unspecified atom stereocenters. The number of thiazole rings is 1. The molecule has 20 heavy (non-hydrogen) atoms. The molecule has 1 atom stereocenters. The monoisotopic (exact) mass is 286 g/mol. The van der Waals surface area contributed by atoms with E-state index in [1.165, 1.54) is 11.3 Å². The summed E-state index contributed by atoms with van der Waals surface area (Å²) in [5.41, 5.74) is 16.4. The Bertz CT molecular complexity index is 690. The number of hydrogen-bond donors (Lipinski definition) is 3. The quantitative estimate of drug-likeness (QED) is 0.763. The molecule has 6 nitrogen and oxygen atoms in total. The van der Waals surface area contributed by atoms with Crippen LogP contribution < -0.4 is 16.9 Å². The molecule has 0 spiro atoms. The lowest BCUT2D eigenvalue weighted by molar-refractivity contribution is 0.470. The molecule has 1 aliphatic rings. The van der Waals surface area contributed by atoms with Crippen molar-refractivity contribution in [2.75, 3.05) is 0 Å². The van der Waals surface area contributed by atoms with Gasteiger partial charge in [-0.2, -0.15) is 0 Å². The van der Waals surface area contributed by atoms with Gasteiger partial charge in [-0.25, -0.2) is 9.98 Å². The van der Waals surface area contributed by atoms with Crippen LogP contribution in [-0.2, 0) is 5.66 Å². The summed E-state index contributed by atoms with van der Waals surface area (Å²) in [7, 11) is 0. The maximum Gasteiger partial charge on any atom is 0.237 e. The van der Waals surface area contributed by atoms with Crippen molar-refractivity contribution in [3.63, 3.8) is 0 Å². The van der Waals surface area contributed by atoms with Gasteiger partial charge < -0.3 is 5.73 Å². The molecule has 102 valence electrons. The van der Waals surface area contributed by atoms with Crippen molar-refractivity contribution in [1.29, 1.82) is 0 Å². The van der Waals surface area contributed by atoms with Crippen LogP contribution in [0.1, 0.15) is 16.3 Å². The molecule has 0 amide bonds. The molecular formula is C13H14N6S. The van der Waals surface area contributed by atoms with Gasteiger partial charge in [-0.15, -0.1) is 16.4 Å². The predicted octanol–water partition coefficient (Wildman–Crippen LogP) is 0.885. The number of nitrogens with one attached hydrogen (secondary N) is 1. The standard InChI is InChI=1S/C13H14N6S/c1-8-7-20-11(16-8)13(15)10(17-12(14)18-19-13)9-5-3-2-4-6-9/h2-7,19H,15H2,1H3,(H2,14,18). The average molecular weight is 286 g/mol. The number of hydrogen-bond acceptors (Lipinski definition) is 7. The summed E-state index contributed by atoms with van der Waals surface area (Å²) >= 11 is 1.47. The summed E-state index contributed by atoms with van der Waals surface area (Å²) in [6, 6.07) is 9.65. The molecule has 2 heterocycles. The van der Waals surface area contributed by atoms with E-state index in [1.54, 1.807) is 0 Å². The van der Waals surface area contributed by atoms with E-state index in [1.807, 2.05) is 42.6 Å². The van der Waals surface area contributed by atoms with Crippen LogP contribution in [0.2, 0.25) is 0 Å². The molecule has 0 bridgehead atoms. The van der Waals surface area contributed by atoms with Gasteiger partial charge in [0.1, 0.15) is 10.7 Å². The van der Waals surface area contributed by atoms with E-state index in [0.29, 0.717) is 10.7 Å². The van der Waals surface area contributed by atoms with Crippen LogP contribution in [0.15, 0.2) is 45.8 Å². The Hall–Kier alpha value is -2.25. The maximum absolute atomic E-state index is 6.48. The van der Waals surface area contributed by atoms with Crippen molar-refractivity contribution < 1.29 is 0 Å². The Kier molecular flexibility index (Phi) is 3.00. The predicted molar refractivity (Wildman–Crippen MR) is 80.5 cm³/mol. The fraction of sp³-hybridized carbons (Fsp3) is 0.154. The second kappa shape index (κ2) is 4.69. The Balaban J connectivity index is 2.13. The van der Waals surface area contributed by atoms with Gasteiger partial charge in [-0.3, -0.25) is 11.2 Å². The highest BCUT2D eigenvalue weighted by molar-refractivity contribution is 7.10. The molecule has 0 saturated carbocycles. The molecule has 2 aromatic rings. The lowest BCUT2D eigenvalue weighted by Gasteiger charge is -2.31. The van der Waals surface area contributed by atoms with Gasteiger partial charge in [0.05, 0.1) is 0 Å². The minimum atomic E-state index is -1.07. The number of aliphatic imine (C=N–C) groups is 1. The van der Waals surface area contributed by atoms with Crippen LogP contribution in [0.3, 0.4) is 0 Å². The molecule has 1 aliphatic heterocycles. The number of rotatable bonds is 2. The minimum Gasteiger partial charge on any atom is -0.367 e. The summed E-state index contributed by atoms with van der Waals surface area (Å²) in [6.07, 6.45) is 0. The van der Waals surface area contributed by atoms with Crippen molar-refractivity contribution >= 4 is 23.0 Å². The molecule has 1 aromatic heterocycles. The van der Waals surface area contributed by atoms with E-state index in [2.05, 4.69) is 20.5 Å². The summed E-state index contributed by atoms with van der Waals surface area (Å²) in [6.45, 7) is 1.92. The molecule has 1 aromatic carbocycles. The van der Waals surface area contributed by atoms with E-state index in [9.17, 15) is 0 Å². The van der Waals surface area contributed by atoms with Crippen molar-refractivity contribution in [3.05, 3.63) is 52.0 Å². The molecule has 0 saturated heterocycles. The van der Waals surface area contributed by atoms with Gasteiger partial charge in [0.2, 0.25) is 5.96 Å². The van der Waals surface area contributed by atoms with Crippen LogP contribution in [0.25, 0.3) is 0 Å². The third-order valence-electron chi connectivity index (χ3n) is 2.95. The second-order valence-electron chi connectivity index (χ2n) is 4.51. The van der Waals surface area contributed by atoms with Gasteiger partial charge in [-0.05, 0) is 6.92 Å². The third kappa shape index (κ3) is 2.06. The number of aryl methyl sites for hydroxylation is 1. The fourth-order valence-electron chi connectivity index (χ4n) is 2.00. The Morgan fingerprint density at radius 2 is 2.00 bits per heavy atom. The Morgan fingerprint density at radius 3 is 2.65 bits per heavy atom. The highest BCUT2D eigenvalue weighted by atomic mass is 32.1. The van der Waals surface area contributed by atoms with Gasteiger partial charge in [-0.1, -0.05) is 30.3 Å². The minimum absolute atomic E-state index is 0.151. The summed E-state index contributed by atoms with van der Waals surface area (Å²) < 4.78 is 0. The second-order valence-corrected chi connectivity index (χ2v) is 5.37. The first-order chi connectivity index (χ1) is 9.59. The van der Waals surface area contributed by atoms with E-state index < -0.39 is 5.66 Å². The highest BCUT2D eigenvalue weighted by Gasteiger charge is 2.39. The zero-order chi connectivity index (χ0) is 14.2. The average Bonchev–Trinajstić information content (AvgIpc) is 2.90. The molecule has 3 rings (SSSR count). The SMILES string of the molecule is Cc1csc(C2(N)NN=C(N)N=C2c2ccccc2)n1. The van der Waals surface area contributed by atoms with Crippen LogP contribution in [0, 0.1) is 6.92 Å². The lowest BCUT2D eigenvalue weighted by atomic mass is 9.98. The smallest absolute Gasteiger partial charge is 0.237 e. The number of nitrogens with two attached hydrogens (primary N) is 2. The van der Waals surface area contributed by atoms with E-state index in [4.69, 9.17) is 11.5 Å². The van der Waals surface area contributed by atoms with Gasteiger partial charge in [0.25, 0.3) is 0 Å². The molecule has 5 N–H and O–H groups in total. The van der Waals surface area contributed by atoms with Crippen molar-refractivity contribution in [2.45, 2.75) is 12.6 Å². The maximum atomic E-state index is 6.48. The van der Waals surface area contributed by atoms with Gasteiger partial charge in [0.15, 0.2) is 5.66 Å². The number of hydrazone groups is 1. The molecular weight excluding hydrogens is 272 g/mol. The molecule has 7 heteroatoms. The summed E-state index contributed by atoms with van der Waals surface area (Å²) in [5, 5.41) is 6.59. The first-order valence-electron chi connectivity index (χ1n) is 6.06. The third-order valence-corrected chi connectivity index (χ3v) is 4.05. The van der Waals surface area contributed by atoms with E-state index >= 15 is 0 Å². The Labute approximate surface area is 120 Å². The molecule has 0 fully saturated rings. The van der Waals surface area contributed by atoms with Crippen molar-refractivity contribution in [2.24, 2.45) is 21.6 Å². The molecule has 0 radical (unpaired) electrons. The van der Waals surface area contributed by atoms with Crippen LogP contribution in [0.4, 0.5) is 0 Å². The normalized spacial score (nSPS) is 21.9. The fourth-order valence-corrected chi connectivity index (χ4v) is 2.86. The number of nitrogens with zero attached hydrogens (tertiary/aromatic N) is 3. The molecule has 0 aliphatic carbocycles. The van der Waals surface area contributed by atoms with Crippen LogP contribution in [0.5, 0.6) is 0 Å². The lowest BCUT2D eigenvalue weighted by Crippen LogP contribution is -2.57. The Morgan fingerprint density at radius 1 is 1.25 bits per heavy atom. The number of aromatic nitrogens is 1. The summed E-state index contributed by atoms with van der Waals surface area (Å²) in [4.78, 5) is 8.76. The van der Waals surface area contributed by atoms with E-state index in [-0.39, 0.29) is 5.96 Å². The zero-order valence-electron chi connectivity index (χ0n) is 10.9. The van der Waals surface area contributed by atoms with Gasteiger partial charge in [0, 0.05) is 16.6 Å². The van der Waals surface area contributed by atoms with Crippen LogP contribution >= 0.6 is 11.3 Å². The van der Waals surface area contributed by atoms with Crippen molar-refractivity contribution in [1.82, 2.24) is 10.4 Å². The van der Waals surface area contributed by atoms with Crippen molar-refractivity contribution in [3.8, 4) is 0 Å². The largest absolute Gasteiger partial charge is 0.367 e. The number of guanidine groups is 1. The zero-order valence-corrected chi connectivity index (χ0v) is 11.7. The first kappa shape index (κ1) is 12.8. The topological polar surface area (TPSA) is 102 Å². The number of benzene rings is 1. The summed E-state index contributed by atoms with van der Waals surface area (Å²) in [5.74, 6) is 0.151.